The maximum Gasteiger partial charge on any atom is 0.338 e. The van der Waals surface area contributed by atoms with Gasteiger partial charge in [-0.3, -0.25) is 0 Å². The Morgan fingerprint density at radius 2 is 2.24 bits per heavy atom. The summed E-state index contributed by atoms with van der Waals surface area (Å²) >= 11 is 0. The highest BCUT2D eigenvalue weighted by Crippen LogP contribution is 2.31. The number of carbonyl (C=O) groups excluding carboxylic acids is 1. The van der Waals surface area contributed by atoms with Gasteiger partial charge in [-0.1, -0.05) is 38.0 Å². The van der Waals surface area contributed by atoms with Crippen molar-refractivity contribution >= 4 is 5.97 Å². The van der Waals surface area contributed by atoms with Gasteiger partial charge in [0.05, 0.1) is 18.3 Å². The standard InChI is InChI=1S/C17H25NO3/c1-13-6-5-9-17(20,10-13)12-18-11-14-7-3-4-8-15(14)16(19)21-2/h3-4,7-8,13,18,20H,5-6,9-12H2,1-2H3. The van der Waals surface area contributed by atoms with Gasteiger partial charge >= 0.3 is 5.97 Å². The number of ether oxygens (including phenoxy) is 1. The first-order valence-electron chi connectivity index (χ1n) is 7.63. The first kappa shape index (κ1) is 16.0. The van der Waals surface area contributed by atoms with Gasteiger partial charge in [0, 0.05) is 13.1 Å². The minimum Gasteiger partial charge on any atom is -0.465 e. The van der Waals surface area contributed by atoms with Crippen molar-refractivity contribution in [3.05, 3.63) is 35.4 Å². The van der Waals surface area contributed by atoms with Crippen LogP contribution < -0.4 is 5.32 Å². The lowest BCUT2D eigenvalue weighted by molar-refractivity contribution is -0.0119. The van der Waals surface area contributed by atoms with Crippen molar-refractivity contribution in [1.82, 2.24) is 5.32 Å². The molecule has 0 aliphatic heterocycles. The van der Waals surface area contributed by atoms with Crippen molar-refractivity contribution in [2.24, 2.45) is 5.92 Å². The molecule has 2 atom stereocenters. The minimum atomic E-state index is -0.613. The number of hydrogen-bond donors (Lipinski definition) is 2. The Bertz CT molecular complexity index is 489. The monoisotopic (exact) mass is 291 g/mol. The van der Waals surface area contributed by atoms with E-state index >= 15 is 0 Å². The zero-order valence-electron chi connectivity index (χ0n) is 12.9. The van der Waals surface area contributed by atoms with Gasteiger partial charge in [0.25, 0.3) is 0 Å². The predicted molar refractivity (Wildman–Crippen MR) is 82.1 cm³/mol. The lowest BCUT2D eigenvalue weighted by Gasteiger charge is -2.35. The second-order valence-corrected chi connectivity index (χ2v) is 6.18. The number of aliphatic hydroxyl groups is 1. The lowest BCUT2D eigenvalue weighted by Crippen LogP contribution is -2.43. The van der Waals surface area contributed by atoms with E-state index in [9.17, 15) is 9.90 Å². The second kappa shape index (κ2) is 7.05. The molecule has 1 saturated carbocycles. The Kier molecular flexibility index (Phi) is 5.37. The number of benzene rings is 1. The first-order valence-corrected chi connectivity index (χ1v) is 7.63. The van der Waals surface area contributed by atoms with E-state index in [0.29, 0.717) is 24.6 Å². The number of esters is 1. The number of hydrogen-bond acceptors (Lipinski definition) is 4. The third-order valence-electron chi connectivity index (χ3n) is 4.26. The zero-order chi connectivity index (χ0) is 15.3. The zero-order valence-corrected chi connectivity index (χ0v) is 12.9. The molecule has 0 amide bonds. The minimum absolute atomic E-state index is 0.322. The molecule has 0 spiro atoms. The Labute approximate surface area is 126 Å². The van der Waals surface area contributed by atoms with Gasteiger partial charge < -0.3 is 15.2 Å². The summed E-state index contributed by atoms with van der Waals surface area (Å²) in [6.07, 6.45) is 3.98. The van der Waals surface area contributed by atoms with Crippen LogP contribution in [-0.2, 0) is 11.3 Å². The topological polar surface area (TPSA) is 58.6 Å². The van der Waals surface area contributed by atoms with Crippen LogP contribution in [0.15, 0.2) is 24.3 Å². The molecule has 1 aliphatic rings. The summed E-state index contributed by atoms with van der Waals surface area (Å²) < 4.78 is 4.79. The third-order valence-corrected chi connectivity index (χ3v) is 4.26. The SMILES string of the molecule is COC(=O)c1ccccc1CNCC1(O)CCCC(C)C1. The van der Waals surface area contributed by atoms with E-state index in [1.807, 2.05) is 18.2 Å². The summed E-state index contributed by atoms with van der Waals surface area (Å²) in [6.45, 7) is 3.31. The van der Waals surface area contributed by atoms with Crippen LogP contribution in [0, 0.1) is 5.92 Å². The second-order valence-electron chi connectivity index (χ2n) is 6.18. The van der Waals surface area contributed by atoms with Crippen molar-refractivity contribution in [3.8, 4) is 0 Å². The van der Waals surface area contributed by atoms with E-state index < -0.39 is 5.60 Å². The highest BCUT2D eigenvalue weighted by atomic mass is 16.5. The summed E-state index contributed by atoms with van der Waals surface area (Å²) in [5, 5.41) is 13.9. The van der Waals surface area contributed by atoms with E-state index in [1.165, 1.54) is 13.5 Å². The summed E-state index contributed by atoms with van der Waals surface area (Å²) in [7, 11) is 1.39. The fourth-order valence-corrected chi connectivity index (χ4v) is 3.21. The summed E-state index contributed by atoms with van der Waals surface area (Å²) in [6, 6.07) is 7.40. The third kappa shape index (κ3) is 4.29. The molecule has 21 heavy (non-hydrogen) atoms. The van der Waals surface area contributed by atoms with Crippen LogP contribution >= 0.6 is 0 Å². The molecule has 0 heterocycles. The predicted octanol–water partition coefficient (Wildman–Crippen LogP) is 2.50. The van der Waals surface area contributed by atoms with Gasteiger partial charge in [-0.2, -0.15) is 0 Å². The largest absolute Gasteiger partial charge is 0.465 e. The van der Waals surface area contributed by atoms with Crippen LogP contribution in [0.5, 0.6) is 0 Å². The first-order chi connectivity index (χ1) is 10.0. The molecular formula is C17H25NO3. The van der Waals surface area contributed by atoms with Crippen LogP contribution in [0.4, 0.5) is 0 Å². The van der Waals surface area contributed by atoms with Gasteiger partial charge in [0.2, 0.25) is 0 Å². The number of nitrogens with one attached hydrogen (secondary N) is 1. The number of methoxy groups -OCH3 is 1. The molecule has 1 aliphatic carbocycles. The van der Waals surface area contributed by atoms with Crippen molar-refractivity contribution in [2.45, 2.75) is 44.8 Å². The van der Waals surface area contributed by atoms with E-state index in [1.54, 1.807) is 6.07 Å². The molecule has 0 radical (unpaired) electrons. The fraction of sp³-hybridized carbons (Fsp3) is 0.588. The Balaban J connectivity index is 1.93. The average Bonchev–Trinajstić information content (AvgIpc) is 2.46. The molecule has 2 N–H and O–H groups in total. The molecule has 2 rings (SSSR count). The number of rotatable bonds is 5. The maximum atomic E-state index is 11.7. The highest BCUT2D eigenvalue weighted by molar-refractivity contribution is 5.90. The van der Waals surface area contributed by atoms with E-state index in [4.69, 9.17) is 4.74 Å². The van der Waals surface area contributed by atoms with E-state index in [2.05, 4.69) is 12.2 Å². The lowest BCUT2D eigenvalue weighted by atomic mass is 9.79. The summed E-state index contributed by atoms with van der Waals surface area (Å²) in [5.74, 6) is 0.255. The Morgan fingerprint density at radius 3 is 2.95 bits per heavy atom. The normalized spacial score (nSPS) is 25.6. The van der Waals surface area contributed by atoms with Crippen LogP contribution in [-0.4, -0.2) is 30.3 Å². The molecule has 0 aromatic heterocycles. The van der Waals surface area contributed by atoms with Crippen LogP contribution in [0.2, 0.25) is 0 Å². The summed E-state index contributed by atoms with van der Waals surface area (Å²) in [4.78, 5) is 11.7. The van der Waals surface area contributed by atoms with Gasteiger partial charge in [-0.15, -0.1) is 0 Å². The van der Waals surface area contributed by atoms with E-state index in [-0.39, 0.29) is 5.97 Å². The van der Waals surface area contributed by atoms with Gasteiger partial charge in [-0.05, 0) is 30.4 Å². The van der Waals surface area contributed by atoms with Crippen LogP contribution in [0.25, 0.3) is 0 Å². The molecule has 0 saturated heterocycles. The van der Waals surface area contributed by atoms with Crippen molar-refractivity contribution < 1.29 is 14.6 Å². The Hall–Kier alpha value is -1.39. The highest BCUT2D eigenvalue weighted by Gasteiger charge is 2.32. The fourth-order valence-electron chi connectivity index (χ4n) is 3.21. The smallest absolute Gasteiger partial charge is 0.338 e. The van der Waals surface area contributed by atoms with Crippen LogP contribution in [0.3, 0.4) is 0 Å². The molecule has 4 nitrogen and oxygen atoms in total. The van der Waals surface area contributed by atoms with Crippen molar-refractivity contribution in [1.29, 1.82) is 0 Å². The molecular weight excluding hydrogens is 266 g/mol. The van der Waals surface area contributed by atoms with Gasteiger partial charge in [-0.25, -0.2) is 4.79 Å². The van der Waals surface area contributed by atoms with Crippen LogP contribution in [0.1, 0.15) is 48.5 Å². The molecule has 116 valence electrons. The molecule has 0 bridgehead atoms. The van der Waals surface area contributed by atoms with Crippen molar-refractivity contribution in [2.75, 3.05) is 13.7 Å². The molecule has 2 unspecified atom stereocenters. The van der Waals surface area contributed by atoms with Crippen molar-refractivity contribution in [3.63, 3.8) is 0 Å². The quantitative estimate of drug-likeness (QED) is 0.818. The molecule has 4 heteroatoms. The summed E-state index contributed by atoms with van der Waals surface area (Å²) in [5.41, 5.74) is 0.867. The molecule has 1 aromatic carbocycles. The Morgan fingerprint density at radius 1 is 1.48 bits per heavy atom. The number of carbonyl (C=O) groups is 1. The molecule has 1 fully saturated rings. The van der Waals surface area contributed by atoms with E-state index in [0.717, 1.165) is 24.8 Å². The van der Waals surface area contributed by atoms with Gasteiger partial charge in [0.1, 0.15) is 0 Å². The van der Waals surface area contributed by atoms with Gasteiger partial charge in [0.15, 0.2) is 0 Å². The maximum absolute atomic E-state index is 11.7. The molecule has 1 aromatic rings. The average molecular weight is 291 g/mol.